The largest absolute Gasteiger partial charge is 0.481 e. The highest BCUT2D eigenvalue weighted by molar-refractivity contribution is 6.29. The van der Waals surface area contributed by atoms with Crippen molar-refractivity contribution in [1.29, 1.82) is 0 Å². The molecule has 1 saturated carbocycles. The van der Waals surface area contributed by atoms with Gasteiger partial charge in [-0.2, -0.15) is 0 Å². The lowest BCUT2D eigenvalue weighted by molar-refractivity contribution is -0.142. The van der Waals surface area contributed by atoms with Gasteiger partial charge in [0.05, 0.1) is 12.0 Å². The summed E-state index contributed by atoms with van der Waals surface area (Å²) in [6, 6.07) is 0. The first kappa shape index (κ1) is 37.4. The number of aliphatic hydroxyl groups excluding tert-OH is 1. The highest BCUT2D eigenvalue weighted by Gasteiger charge is 2.19. The molecule has 1 rings (SSSR count). The van der Waals surface area contributed by atoms with Crippen molar-refractivity contribution in [3.8, 4) is 0 Å². The van der Waals surface area contributed by atoms with Crippen molar-refractivity contribution >= 4 is 23.5 Å². The monoisotopic (exact) mass is 574 g/mol. The number of hydrogen-bond donors (Lipinski definition) is 3. The number of carboxylic acid groups (broad SMARTS) is 2. The topological polar surface area (TPSA) is 94.8 Å². The lowest BCUT2D eigenvalue weighted by Gasteiger charge is -2.16. The van der Waals surface area contributed by atoms with Gasteiger partial charge in [-0.1, -0.05) is 118 Å². The number of aliphatic hydroxyl groups is 1. The van der Waals surface area contributed by atoms with E-state index in [0.29, 0.717) is 5.92 Å². The lowest BCUT2D eigenvalue weighted by atomic mass is 9.90. The number of carbonyl (C=O) groups is 2. The molecular weight excluding hydrogens is 524 g/mol. The number of rotatable bonds is 16. The fourth-order valence-corrected chi connectivity index (χ4v) is 4.07. The molecule has 1 fully saturated rings. The Hall–Kier alpha value is -2.63. The molecule has 1 aliphatic rings. The summed E-state index contributed by atoms with van der Waals surface area (Å²) in [5, 5.41) is 28.0. The molecule has 0 saturated heterocycles. The zero-order valence-corrected chi connectivity index (χ0v) is 25.6. The van der Waals surface area contributed by atoms with E-state index in [0.717, 1.165) is 74.5 Å². The van der Waals surface area contributed by atoms with Crippen molar-refractivity contribution in [3.05, 3.63) is 83.5 Å². The van der Waals surface area contributed by atoms with E-state index in [2.05, 4.69) is 45.1 Å². The van der Waals surface area contributed by atoms with Crippen molar-refractivity contribution in [3.63, 3.8) is 0 Å². The van der Waals surface area contributed by atoms with Gasteiger partial charge in [0.15, 0.2) is 0 Å². The van der Waals surface area contributed by atoms with Crippen LogP contribution in [0.4, 0.5) is 0 Å². The maximum atomic E-state index is 10.4. The van der Waals surface area contributed by atoms with Gasteiger partial charge in [0.2, 0.25) is 0 Å². The zero-order chi connectivity index (χ0) is 30.2. The Morgan fingerprint density at radius 1 is 0.825 bits per heavy atom. The average molecular weight is 575 g/mol. The third kappa shape index (κ3) is 23.3. The smallest absolute Gasteiger partial charge is 0.328 e. The number of aliphatic carboxylic acids is 2. The Morgan fingerprint density at radius 2 is 1.45 bits per heavy atom. The van der Waals surface area contributed by atoms with E-state index in [9.17, 15) is 14.7 Å². The molecule has 0 aromatic rings. The molecule has 5 nitrogen and oxygen atoms in total. The molecular formula is C34H51ClO5. The normalized spacial score (nSPS) is 17.4. The average Bonchev–Trinajstić information content (AvgIpc) is 2.92. The SMILES string of the molecule is CC(/C=C/C=C/C(=O)O)=C\C=C\C=C(/Cl)[C@@H](C)CC[C@H](O)CC/C=C/C=C/CC(C)C.O=C(O)C1CCCCC1. The molecule has 0 amide bonds. The molecule has 3 N–H and O–H groups in total. The molecule has 224 valence electrons. The van der Waals surface area contributed by atoms with Crippen molar-refractivity contribution in [2.75, 3.05) is 0 Å². The first-order valence-electron chi connectivity index (χ1n) is 14.5. The van der Waals surface area contributed by atoms with Crippen LogP contribution in [0.15, 0.2) is 83.5 Å². The van der Waals surface area contributed by atoms with E-state index in [1.165, 1.54) is 12.5 Å². The molecule has 0 aromatic heterocycles. The van der Waals surface area contributed by atoms with Crippen LogP contribution in [-0.4, -0.2) is 33.4 Å². The molecule has 0 aliphatic heterocycles. The summed E-state index contributed by atoms with van der Waals surface area (Å²) in [5.41, 5.74) is 0.997. The number of allylic oxidation sites excluding steroid dienone is 13. The van der Waals surface area contributed by atoms with Crippen LogP contribution in [0.3, 0.4) is 0 Å². The first-order valence-corrected chi connectivity index (χ1v) is 14.9. The van der Waals surface area contributed by atoms with Crippen molar-refractivity contribution in [2.45, 2.75) is 98.0 Å². The van der Waals surface area contributed by atoms with E-state index in [1.807, 2.05) is 37.3 Å². The van der Waals surface area contributed by atoms with Gasteiger partial charge in [-0.05, 0) is 69.8 Å². The summed E-state index contributed by atoms with van der Waals surface area (Å²) < 4.78 is 0. The van der Waals surface area contributed by atoms with Crippen LogP contribution in [0.5, 0.6) is 0 Å². The highest BCUT2D eigenvalue weighted by atomic mass is 35.5. The number of hydrogen-bond acceptors (Lipinski definition) is 3. The van der Waals surface area contributed by atoms with Crippen LogP contribution in [0.2, 0.25) is 0 Å². The quantitative estimate of drug-likeness (QED) is 0.126. The Balaban J connectivity index is 0.00000141. The maximum Gasteiger partial charge on any atom is 0.328 e. The van der Waals surface area contributed by atoms with Gasteiger partial charge in [-0.25, -0.2) is 4.79 Å². The van der Waals surface area contributed by atoms with E-state index >= 15 is 0 Å². The van der Waals surface area contributed by atoms with Crippen LogP contribution in [0.1, 0.15) is 91.9 Å². The molecule has 1 aliphatic carbocycles. The summed E-state index contributed by atoms with van der Waals surface area (Å²) in [5.74, 6) is -0.716. The van der Waals surface area contributed by atoms with Gasteiger partial charge in [0.25, 0.3) is 0 Å². The second kappa shape index (κ2) is 24.2. The van der Waals surface area contributed by atoms with Crippen molar-refractivity contribution in [1.82, 2.24) is 0 Å². The van der Waals surface area contributed by atoms with Gasteiger partial charge >= 0.3 is 11.9 Å². The fourth-order valence-electron chi connectivity index (χ4n) is 3.89. The lowest BCUT2D eigenvalue weighted by Crippen LogP contribution is -2.16. The van der Waals surface area contributed by atoms with E-state index in [4.69, 9.17) is 21.8 Å². The molecule has 2 atom stereocenters. The van der Waals surface area contributed by atoms with Crippen LogP contribution in [-0.2, 0) is 9.59 Å². The molecule has 40 heavy (non-hydrogen) atoms. The minimum atomic E-state index is -0.964. The Bertz CT molecular complexity index is 915. The van der Waals surface area contributed by atoms with Crippen LogP contribution in [0, 0.1) is 17.8 Å². The third-order valence-electron chi connectivity index (χ3n) is 6.45. The van der Waals surface area contributed by atoms with Gasteiger partial charge < -0.3 is 15.3 Å². The number of halogens is 1. The van der Waals surface area contributed by atoms with Crippen LogP contribution < -0.4 is 0 Å². The van der Waals surface area contributed by atoms with Crippen molar-refractivity contribution < 1.29 is 24.9 Å². The van der Waals surface area contributed by atoms with Crippen LogP contribution >= 0.6 is 11.6 Å². The zero-order valence-electron chi connectivity index (χ0n) is 24.8. The Kier molecular flexibility index (Phi) is 22.6. The second-order valence-electron chi connectivity index (χ2n) is 10.8. The molecule has 0 bridgehead atoms. The maximum absolute atomic E-state index is 10.4. The predicted octanol–water partition coefficient (Wildman–Crippen LogP) is 9.18. The fraction of sp³-hybridized carbons (Fsp3) is 0.529. The van der Waals surface area contributed by atoms with Gasteiger partial charge in [0, 0.05) is 11.1 Å². The summed E-state index contributed by atoms with van der Waals surface area (Å²) >= 11 is 6.37. The summed E-state index contributed by atoms with van der Waals surface area (Å²) in [7, 11) is 0. The van der Waals surface area contributed by atoms with Gasteiger partial charge in [-0.15, -0.1) is 0 Å². The minimum Gasteiger partial charge on any atom is -0.481 e. The summed E-state index contributed by atoms with van der Waals surface area (Å²) in [6.45, 7) is 8.40. The second-order valence-corrected chi connectivity index (χ2v) is 11.2. The summed E-state index contributed by atoms with van der Waals surface area (Å²) in [6.07, 6.45) is 31.3. The summed E-state index contributed by atoms with van der Waals surface area (Å²) in [4.78, 5) is 20.7. The van der Waals surface area contributed by atoms with Gasteiger partial charge in [-0.3, -0.25) is 4.79 Å². The molecule has 0 spiro atoms. The molecule has 6 heteroatoms. The Labute approximate surface area is 247 Å². The molecule has 0 radical (unpaired) electrons. The van der Waals surface area contributed by atoms with Gasteiger partial charge in [0.1, 0.15) is 0 Å². The third-order valence-corrected chi connectivity index (χ3v) is 6.95. The standard InChI is InChI=1S/C27H39ClO3.C7H12O2/c1-22(2)14-8-6-5-7-9-17-25(29)21-20-24(4)26(28)18-12-10-15-23(3)16-11-13-19-27(30)31;8-7(9)6-4-2-1-3-5-6/h5-8,10-13,15-16,18-19,22,24-25,29H,9,14,17,20-21H2,1-4H3,(H,30,31);6H,1-5H2,(H,8,9)/b7-5+,8-6+,12-10+,16-11+,19-13+,23-15+,26-18-;/t24-,25+;/m0./s1. The predicted molar refractivity (Wildman–Crippen MR) is 168 cm³/mol. The van der Waals surface area contributed by atoms with E-state index < -0.39 is 11.9 Å². The highest BCUT2D eigenvalue weighted by Crippen LogP contribution is 2.23. The molecule has 0 unspecified atom stereocenters. The first-order chi connectivity index (χ1) is 19.0. The molecule has 0 heterocycles. The Morgan fingerprint density at radius 3 is 2.05 bits per heavy atom. The molecule has 0 aromatic carbocycles. The number of carboxylic acids is 2. The van der Waals surface area contributed by atoms with Crippen molar-refractivity contribution in [2.24, 2.45) is 17.8 Å². The van der Waals surface area contributed by atoms with Crippen LogP contribution in [0.25, 0.3) is 0 Å². The van der Waals surface area contributed by atoms with E-state index in [1.54, 1.807) is 6.08 Å². The van der Waals surface area contributed by atoms with E-state index in [-0.39, 0.29) is 17.9 Å². The minimum absolute atomic E-state index is 0.0289.